The maximum Gasteiger partial charge on any atom is 0.132 e. The van der Waals surface area contributed by atoms with Gasteiger partial charge in [0.05, 0.1) is 6.10 Å². The van der Waals surface area contributed by atoms with Gasteiger partial charge in [0.15, 0.2) is 0 Å². The summed E-state index contributed by atoms with van der Waals surface area (Å²) >= 11 is 0. The molecule has 0 spiro atoms. The molecule has 0 unspecified atom stereocenters. The molecule has 0 aliphatic rings. The number of halogens is 1. The van der Waals surface area contributed by atoms with E-state index in [2.05, 4.69) is 19.1 Å². The second kappa shape index (κ2) is 6.53. The van der Waals surface area contributed by atoms with Crippen molar-refractivity contribution < 1.29 is 14.2 Å². The fourth-order valence-corrected chi connectivity index (χ4v) is 1.97. The van der Waals surface area contributed by atoms with E-state index in [4.69, 9.17) is 4.74 Å². The van der Waals surface area contributed by atoms with Gasteiger partial charge < -0.3 is 9.84 Å². The van der Waals surface area contributed by atoms with E-state index in [1.165, 1.54) is 18.6 Å². The molecule has 0 saturated carbocycles. The van der Waals surface area contributed by atoms with Crippen LogP contribution in [0.4, 0.5) is 4.39 Å². The van der Waals surface area contributed by atoms with Gasteiger partial charge in [0.25, 0.3) is 0 Å². The molecule has 0 aliphatic heterocycles. The average molecular weight is 274 g/mol. The SMILES string of the molecule is CCc1ccc(COc2ccc([C@@H](C)O)c(F)c2)cc1. The summed E-state index contributed by atoms with van der Waals surface area (Å²) < 4.78 is 19.2. The van der Waals surface area contributed by atoms with Gasteiger partial charge in [-0.15, -0.1) is 0 Å². The number of aryl methyl sites for hydroxylation is 1. The smallest absolute Gasteiger partial charge is 0.132 e. The zero-order chi connectivity index (χ0) is 14.5. The first kappa shape index (κ1) is 14.5. The summed E-state index contributed by atoms with van der Waals surface area (Å²) in [5, 5.41) is 9.37. The lowest BCUT2D eigenvalue weighted by Crippen LogP contribution is -1.99. The summed E-state index contributed by atoms with van der Waals surface area (Å²) in [6.45, 7) is 4.05. The Bertz CT molecular complexity index is 562. The molecule has 2 aromatic rings. The molecule has 106 valence electrons. The molecule has 3 heteroatoms. The topological polar surface area (TPSA) is 29.5 Å². The Kier molecular flexibility index (Phi) is 4.74. The van der Waals surface area contributed by atoms with Crippen LogP contribution in [0.2, 0.25) is 0 Å². The van der Waals surface area contributed by atoms with E-state index in [9.17, 15) is 9.50 Å². The third kappa shape index (κ3) is 3.58. The lowest BCUT2D eigenvalue weighted by atomic mass is 10.1. The van der Waals surface area contributed by atoms with Crippen LogP contribution in [0.3, 0.4) is 0 Å². The van der Waals surface area contributed by atoms with Crippen molar-refractivity contribution >= 4 is 0 Å². The van der Waals surface area contributed by atoms with Crippen molar-refractivity contribution in [3.8, 4) is 5.75 Å². The van der Waals surface area contributed by atoms with Crippen LogP contribution < -0.4 is 4.74 Å². The predicted octanol–water partition coefficient (Wildman–Crippen LogP) is 4.02. The minimum atomic E-state index is -0.814. The molecule has 0 heterocycles. The Balaban J connectivity index is 2.01. The third-order valence-electron chi connectivity index (χ3n) is 3.26. The lowest BCUT2D eigenvalue weighted by molar-refractivity contribution is 0.194. The second-order valence-corrected chi connectivity index (χ2v) is 4.82. The lowest BCUT2D eigenvalue weighted by Gasteiger charge is -2.10. The zero-order valence-corrected chi connectivity index (χ0v) is 11.8. The molecule has 2 aromatic carbocycles. The van der Waals surface area contributed by atoms with Gasteiger partial charge in [-0.05, 0) is 36.6 Å². The molecule has 0 aliphatic carbocycles. The fourth-order valence-electron chi connectivity index (χ4n) is 1.97. The van der Waals surface area contributed by atoms with Gasteiger partial charge in [-0.25, -0.2) is 4.39 Å². The Morgan fingerprint density at radius 2 is 1.75 bits per heavy atom. The van der Waals surface area contributed by atoms with Crippen molar-refractivity contribution in [2.45, 2.75) is 33.0 Å². The molecule has 0 aromatic heterocycles. The van der Waals surface area contributed by atoms with Gasteiger partial charge in [-0.1, -0.05) is 31.2 Å². The summed E-state index contributed by atoms with van der Waals surface area (Å²) in [7, 11) is 0. The van der Waals surface area contributed by atoms with Crippen LogP contribution in [0.5, 0.6) is 5.75 Å². The van der Waals surface area contributed by atoms with Crippen LogP contribution >= 0.6 is 0 Å². The van der Waals surface area contributed by atoms with Crippen LogP contribution in [0, 0.1) is 5.82 Å². The minimum absolute atomic E-state index is 0.282. The number of hydrogen-bond acceptors (Lipinski definition) is 2. The van der Waals surface area contributed by atoms with Crippen molar-refractivity contribution in [2.24, 2.45) is 0 Å². The van der Waals surface area contributed by atoms with E-state index in [0.29, 0.717) is 12.4 Å². The molecular formula is C17H19FO2. The number of ether oxygens (including phenoxy) is 1. The molecule has 0 radical (unpaired) electrons. The van der Waals surface area contributed by atoms with Crippen LogP contribution in [0.15, 0.2) is 42.5 Å². The average Bonchev–Trinajstić information content (AvgIpc) is 2.45. The standard InChI is InChI=1S/C17H19FO2/c1-3-13-4-6-14(7-5-13)11-20-15-8-9-16(12(2)19)17(18)10-15/h4-10,12,19H,3,11H2,1-2H3/t12-/m1/s1. The van der Waals surface area contributed by atoms with Crippen molar-refractivity contribution in [3.63, 3.8) is 0 Å². The third-order valence-corrected chi connectivity index (χ3v) is 3.26. The Morgan fingerprint density at radius 3 is 2.30 bits per heavy atom. The number of hydrogen-bond donors (Lipinski definition) is 1. The highest BCUT2D eigenvalue weighted by Gasteiger charge is 2.09. The molecule has 0 bridgehead atoms. The molecule has 0 fully saturated rings. The van der Waals surface area contributed by atoms with Crippen LogP contribution in [-0.2, 0) is 13.0 Å². The van der Waals surface area contributed by atoms with Crippen molar-refractivity contribution in [3.05, 3.63) is 65.0 Å². The molecule has 0 saturated heterocycles. The summed E-state index contributed by atoms with van der Waals surface area (Å²) in [5.41, 5.74) is 2.60. The minimum Gasteiger partial charge on any atom is -0.489 e. The maximum atomic E-state index is 13.7. The van der Waals surface area contributed by atoms with Crippen LogP contribution in [-0.4, -0.2) is 5.11 Å². The van der Waals surface area contributed by atoms with Gasteiger partial charge in [-0.3, -0.25) is 0 Å². The number of rotatable bonds is 5. The summed E-state index contributed by atoms with van der Waals surface area (Å²) in [4.78, 5) is 0. The van der Waals surface area contributed by atoms with Gasteiger partial charge in [0.1, 0.15) is 18.2 Å². The molecule has 1 atom stereocenters. The van der Waals surface area contributed by atoms with E-state index in [1.807, 2.05) is 12.1 Å². The first-order valence-corrected chi connectivity index (χ1v) is 6.78. The molecule has 2 nitrogen and oxygen atoms in total. The number of benzene rings is 2. The molecule has 20 heavy (non-hydrogen) atoms. The van der Waals surface area contributed by atoms with E-state index in [0.717, 1.165) is 12.0 Å². The van der Waals surface area contributed by atoms with E-state index >= 15 is 0 Å². The Morgan fingerprint density at radius 1 is 1.10 bits per heavy atom. The Hall–Kier alpha value is -1.87. The first-order chi connectivity index (χ1) is 9.60. The van der Waals surface area contributed by atoms with E-state index in [1.54, 1.807) is 12.1 Å². The van der Waals surface area contributed by atoms with Gasteiger partial charge in [-0.2, -0.15) is 0 Å². The highest BCUT2D eigenvalue weighted by Crippen LogP contribution is 2.22. The Labute approximate surface area is 118 Å². The monoisotopic (exact) mass is 274 g/mol. The number of aliphatic hydroxyl groups excluding tert-OH is 1. The zero-order valence-electron chi connectivity index (χ0n) is 11.8. The second-order valence-electron chi connectivity index (χ2n) is 4.82. The molecule has 1 N–H and O–H groups in total. The summed E-state index contributed by atoms with van der Waals surface area (Å²) in [5.74, 6) is 0.0188. The first-order valence-electron chi connectivity index (χ1n) is 6.78. The summed E-state index contributed by atoms with van der Waals surface area (Å²) in [6, 6.07) is 12.7. The number of aliphatic hydroxyl groups is 1. The van der Waals surface area contributed by atoms with Crippen LogP contribution in [0.1, 0.15) is 36.6 Å². The van der Waals surface area contributed by atoms with Crippen molar-refractivity contribution in [1.82, 2.24) is 0 Å². The van der Waals surface area contributed by atoms with Gasteiger partial charge in [0.2, 0.25) is 0 Å². The van der Waals surface area contributed by atoms with E-state index in [-0.39, 0.29) is 5.56 Å². The molecule has 0 amide bonds. The van der Waals surface area contributed by atoms with Crippen molar-refractivity contribution in [1.29, 1.82) is 0 Å². The summed E-state index contributed by atoms with van der Waals surface area (Å²) in [6.07, 6.45) is 0.193. The maximum absolute atomic E-state index is 13.7. The fraction of sp³-hybridized carbons (Fsp3) is 0.294. The van der Waals surface area contributed by atoms with Crippen molar-refractivity contribution in [2.75, 3.05) is 0 Å². The highest BCUT2D eigenvalue weighted by atomic mass is 19.1. The largest absolute Gasteiger partial charge is 0.489 e. The van der Waals surface area contributed by atoms with Gasteiger partial charge >= 0.3 is 0 Å². The quantitative estimate of drug-likeness (QED) is 0.892. The van der Waals surface area contributed by atoms with Crippen LogP contribution in [0.25, 0.3) is 0 Å². The van der Waals surface area contributed by atoms with Gasteiger partial charge in [0, 0.05) is 11.6 Å². The van der Waals surface area contributed by atoms with E-state index < -0.39 is 11.9 Å². The predicted molar refractivity (Wildman–Crippen MR) is 77.2 cm³/mol. The molecule has 2 rings (SSSR count). The molecular weight excluding hydrogens is 255 g/mol. The normalized spacial score (nSPS) is 12.2. The highest BCUT2D eigenvalue weighted by molar-refractivity contribution is 5.30.